The lowest BCUT2D eigenvalue weighted by Crippen LogP contribution is -2.31. The van der Waals surface area contributed by atoms with Crippen molar-refractivity contribution < 1.29 is 8.42 Å². The van der Waals surface area contributed by atoms with Crippen LogP contribution in [0.25, 0.3) is 0 Å². The molecule has 1 N–H and O–H groups in total. The first-order valence-electron chi connectivity index (χ1n) is 6.94. The van der Waals surface area contributed by atoms with Gasteiger partial charge in [0.05, 0.1) is 12.4 Å². The van der Waals surface area contributed by atoms with Crippen LogP contribution in [0.1, 0.15) is 33.6 Å². The Labute approximate surface area is 121 Å². The molecule has 0 saturated carbocycles. The molecule has 0 bridgehead atoms. The van der Waals surface area contributed by atoms with Gasteiger partial charge in [0.15, 0.2) is 0 Å². The topological polar surface area (TPSA) is 75.2 Å². The second-order valence-electron chi connectivity index (χ2n) is 4.97. The number of anilines is 1. The largest absolute Gasteiger partial charge is 0.354 e. The summed E-state index contributed by atoms with van der Waals surface area (Å²) in [5.74, 6) is 0.775. The minimum atomic E-state index is -3.50. The van der Waals surface area contributed by atoms with Gasteiger partial charge in [-0.15, -0.1) is 0 Å². The molecule has 0 aliphatic rings. The molecule has 114 valence electrons. The molecular formula is C13H24N4O2S. The Morgan fingerprint density at radius 3 is 2.40 bits per heavy atom. The molecule has 0 spiro atoms. The predicted octanol–water partition coefficient (Wildman–Crippen LogP) is 1.97. The molecule has 1 unspecified atom stereocenters. The van der Waals surface area contributed by atoms with Gasteiger partial charge in [-0.1, -0.05) is 27.2 Å². The van der Waals surface area contributed by atoms with E-state index < -0.39 is 10.0 Å². The van der Waals surface area contributed by atoms with Crippen molar-refractivity contribution in [3.8, 4) is 0 Å². The van der Waals surface area contributed by atoms with Gasteiger partial charge in [-0.05, 0) is 12.3 Å². The molecule has 20 heavy (non-hydrogen) atoms. The van der Waals surface area contributed by atoms with E-state index in [9.17, 15) is 8.42 Å². The third-order valence-electron chi connectivity index (χ3n) is 3.14. The second kappa shape index (κ2) is 7.54. The molecule has 0 saturated heterocycles. The van der Waals surface area contributed by atoms with E-state index in [0.717, 1.165) is 19.4 Å². The maximum Gasteiger partial charge on any atom is 0.245 e. The normalized spacial score (nSPS) is 13.4. The molecule has 0 radical (unpaired) electrons. The van der Waals surface area contributed by atoms with Crippen LogP contribution in [-0.4, -0.2) is 42.8 Å². The summed E-state index contributed by atoms with van der Waals surface area (Å²) in [6.07, 6.45) is 4.61. The molecule has 7 heteroatoms. The van der Waals surface area contributed by atoms with Crippen LogP contribution >= 0.6 is 0 Å². The fourth-order valence-corrected chi connectivity index (χ4v) is 2.81. The molecular weight excluding hydrogens is 276 g/mol. The zero-order chi connectivity index (χ0) is 15.2. The van der Waals surface area contributed by atoms with E-state index in [1.807, 2.05) is 20.8 Å². The summed E-state index contributed by atoms with van der Waals surface area (Å²) in [6, 6.07) is 0. The molecule has 1 atom stereocenters. The van der Waals surface area contributed by atoms with Crippen molar-refractivity contribution in [1.29, 1.82) is 0 Å². The number of sulfonamides is 1. The van der Waals surface area contributed by atoms with Gasteiger partial charge >= 0.3 is 0 Å². The Morgan fingerprint density at radius 1 is 1.30 bits per heavy atom. The standard InChI is InChI=1S/C13H24N4O2S/c1-5-7-14-13-15-8-12(9-16-13)20(18,19)17(4)10-11(3)6-2/h8-9,11H,5-7,10H2,1-4H3,(H,14,15,16). The highest BCUT2D eigenvalue weighted by Gasteiger charge is 2.22. The first kappa shape index (κ1) is 16.8. The summed E-state index contributed by atoms with van der Waals surface area (Å²) < 4.78 is 26.0. The maximum absolute atomic E-state index is 12.3. The number of rotatable bonds is 8. The lowest BCUT2D eigenvalue weighted by molar-refractivity contribution is 0.393. The number of aromatic nitrogens is 2. The van der Waals surface area contributed by atoms with Gasteiger partial charge < -0.3 is 5.32 Å². The SMILES string of the molecule is CCCNc1ncc(S(=O)(=O)N(C)CC(C)CC)cn1. The van der Waals surface area contributed by atoms with Gasteiger partial charge in [-0.25, -0.2) is 22.7 Å². The summed E-state index contributed by atoms with van der Waals surface area (Å²) in [6.45, 7) is 7.37. The predicted molar refractivity (Wildman–Crippen MR) is 80.1 cm³/mol. The van der Waals surface area contributed by atoms with E-state index in [-0.39, 0.29) is 4.90 Å². The minimum Gasteiger partial charge on any atom is -0.354 e. The van der Waals surface area contributed by atoms with E-state index in [2.05, 4.69) is 15.3 Å². The summed E-state index contributed by atoms with van der Waals surface area (Å²) >= 11 is 0. The number of hydrogen-bond acceptors (Lipinski definition) is 5. The molecule has 6 nitrogen and oxygen atoms in total. The zero-order valence-electron chi connectivity index (χ0n) is 12.6. The van der Waals surface area contributed by atoms with Crippen molar-refractivity contribution in [1.82, 2.24) is 14.3 Å². The molecule has 0 aliphatic carbocycles. The van der Waals surface area contributed by atoms with Crippen molar-refractivity contribution in [3.05, 3.63) is 12.4 Å². The van der Waals surface area contributed by atoms with E-state index >= 15 is 0 Å². The van der Waals surface area contributed by atoms with Crippen LogP contribution in [0.2, 0.25) is 0 Å². The highest BCUT2D eigenvalue weighted by molar-refractivity contribution is 7.89. The van der Waals surface area contributed by atoms with Gasteiger partial charge in [0.25, 0.3) is 0 Å². The summed E-state index contributed by atoms with van der Waals surface area (Å²) in [5.41, 5.74) is 0. The van der Waals surface area contributed by atoms with Crippen LogP contribution in [0.5, 0.6) is 0 Å². The van der Waals surface area contributed by atoms with E-state index in [0.29, 0.717) is 18.4 Å². The van der Waals surface area contributed by atoms with Gasteiger partial charge in [0.2, 0.25) is 16.0 Å². The molecule has 0 aliphatic heterocycles. The molecule has 1 heterocycles. The van der Waals surface area contributed by atoms with Gasteiger partial charge in [-0.3, -0.25) is 0 Å². The number of nitrogens with zero attached hydrogens (tertiary/aromatic N) is 3. The van der Waals surface area contributed by atoms with E-state index in [4.69, 9.17) is 0 Å². The van der Waals surface area contributed by atoms with Crippen LogP contribution in [0.15, 0.2) is 17.3 Å². The highest BCUT2D eigenvalue weighted by Crippen LogP contribution is 2.15. The third kappa shape index (κ3) is 4.42. The third-order valence-corrected chi connectivity index (χ3v) is 4.91. The van der Waals surface area contributed by atoms with Gasteiger partial charge in [-0.2, -0.15) is 0 Å². The number of nitrogens with one attached hydrogen (secondary N) is 1. The summed E-state index contributed by atoms with van der Waals surface area (Å²) in [5, 5.41) is 3.01. The molecule has 0 aromatic carbocycles. The molecule has 1 rings (SSSR count). The summed E-state index contributed by atoms with van der Waals surface area (Å²) in [4.78, 5) is 8.20. The van der Waals surface area contributed by atoms with Crippen molar-refractivity contribution in [2.45, 2.75) is 38.5 Å². The van der Waals surface area contributed by atoms with Crippen molar-refractivity contribution in [3.63, 3.8) is 0 Å². The molecule has 0 fully saturated rings. The van der Waals surface area contributed by atoms with Gasteiger partial charge in [0.1, 0.15) is 4.90 Å². The number of hydrogen-bond donors (Lipinski definition) is 1. The second-order valence-corrected chi connectivity index (χ2v) is 7.01. The van der Waals surface area contributed by atoms with Crippen molar-refractivity contribution >= 4 is 16.0 Å². The van der Waals surface area contributed by atoms with Crippen LogP contribution in [0.4, 0.5) is 5.95 Å². The molecule has 0 amide bonds. The Bertz CT molecular complexity index is 502. The highest BCUT2D eigenvalue weighted by atomic mass is 32.2. The van der Waals surface area contributed by atoms with Crippen LogP contribution in [0.3, 0.4) is 0 Å². The van der Waals surface area contributed by atoms with Crippen LogP contribution in [-0.2, 0) is 10.0 Å². The van der Waals surface area contributed by atoms with Crippen molar-refractivity contribution in [2.75, 3.05) is 25.5 Å². The zero-order valence-corrected chi connectivity index (χ0v) is 13.4. The summed E-state index contributed by atoms with van der Waals surface area (Å²) in [7, 11) is -1.91. The fourth-order valence-electron chi connectivity index (χ4n) is 1.62. The monoisotopic (exact) mass is 300 g/mol. The Hall–Kier alpha value is -1.21. The van der Waals surface area contributed by atoms with Crippen LogP contribution in [0, 0.1) is 5.92 Å². The molecule has 1 aromatic rings. The van der Waals surface area contributed by atoms with Crippen molar-refractivity contribution in [2.24, 2.45) is 5.92 Å². The smallest absolute Gasteiger partial charge is 0.245 e. The van der Waals surface area contributed by atoms with Crippen LogP contribution < -0.4 is 5.32 Å². The Morgan fingerprint density at radius 2 is 1.90 bits per heavy atom. The van der Waals surface area contributed by atoms with Gasteiger partial charge in [0, 0.05) is 20.1 Å². The lowest BCUT2D eigenvalue weighted by Gasteiger charge is -2.20. The Kier molecular flexibility index (Phi) is 6.35. The Balaban J connectivity index is 2.81. The minimum absolute atomic E-state index is 0.130. The lowest BCUT2D eigenvalue weighted by atomic mass is 10.1. The first-order chi connectivity index (χ1) is 9.41. The fraction of sp³-hybridized carbons (Fsp3) is 0.692. The van der Waals surface area contributed by atoms with E-state index in [1.165, 1.54) is 16.7 Å². The first-order valence-corrected chi connectivity index (χ1v) is 8.38. The van der Waals surface area contributed by atoms with E-state index in [1.54, 1.807) is 7.05 Å². The molecule has 1 aromatic heterocycles. The average Bonchev–Trinajstić information content (AvgIpc) is 2.45. The average molecular weight is 300 g/mol. The maximum atomic E-state index is 12.3. The quantitative estimate of drug-likeness (QED) is 0.794.